The molecule has 2 amide bonds. The minimum atomic E-state index is -3.20. The van der Waals surface area contributed by atoms with Crippen LogP contribution in [0.5, 0.6) is 0 Å². The molecule has 1 aromatic carbocycles. The summed E-state index contributed by atoms with van der Waals surface area (Å²) in [6.45, 7) is 2.80. The van der Waals surface area contributed by atoms with Crippen LogP contribution in [0.2, 0.25) is 0 Å². The Balaban J connectivity index is 1.64. The van der Waals surface area contributed by atoms with Gasteiger partial charge in [0.25, 0.3) is 0 Å². The van der Waals surface area contributed by atoms with Gasteiger partial charge in [-0.15, -0.1) is 0 Å². The van der Waals surface area contributed by atoms with E-state index < -0.39 is 10.0 Å². The molecule has 1 saturated carbocycles. The smallest absolute Gasteiger partial charge is 0.319 e. The number of carbonyl (C=O) groups is 1. The molecule has 3 rings (SSSR count). The number of sulfonamides is 1. The molecule has 0 unspecified atom stereocenters. The van der Waals surface area contributed by atoms with Crippen molar-refractivity contribution in [3.05, 3.63) is 29.3 Å². The van der Waals surface area contributed by atoms with E-state index >= 15 is 0 Å². The van der Waals surface area contributed by atoms with Crippen LogP contribution in [0.3, 0.4) is 0 Å². The number of anilines is 1. The maximum absolute atomic E-state index is 12.3. The lowest BCUT2D eigenvalue weighted by Gasteiger charge is -2.28. The number of urea groups is 1. The van der Waals surface area contributed by atoms with E-state index in [0.717, 1.165) is 24.0 Å². The molecule has 0 spiro atoms. The highest BCUT2D eigenvalue weighted by atomic mass is 32.2. The standard InChI is InChI=1S/C19H29N3O3S/c1-2-12-26(24,25)22-11-10-15-8-9-18(13-16(15)14-22)21-19(23)20-17-6-4-3-5-7-17/h8-9,13,17H,2-7,10-12,14H2,1H3,(H2,20,21,23). The van der Waals surface area contributed by atoms with Crippen LogP contribution in [-0.4, -0.2) is 37.1 Å². The fourth-order valence-electron chi connectivity index (χ4n) is 3.83. The average molecular weight is 380 g/mol. The van der Waals surface area contributed by atoms with Crippen LogP contribution in [-0.2, 0) is 23.0 Å². The van der Waals surface area contributed by atoms with Crippen molar-refractivity contribution in [2.24, 2.45) is 0 Å². The zero-order chi connectivity index (χ0) is 18.6. The summed E-state index contributed by atoms with van der Waals surface area (Å²) in [5.41, 5.74) is 2.85. The highest BCUT2D eigenvalue weighted by Crippen LogP contribution is 2.25. The number of hydrogen-bond acceptors (Lipinski definition) is 3. The van der Waals surface area contributed by atoms with Gasteiger partial charge < -0.3 is 10.6 Å². The molecule has 7 heteroatoms. The van der Waals surface area contributed by atoms with Gasteiger partial charge in [0.15, 0.2) is 0 Å². The molecule has 0 radical (unpaired) electrons. The Hall–Kier alpha value is -1.60. The molecule has 0 aromatic heterocycles. The highest BCUT2D eigenvalue weighted by Gasteiger charge is 2.26. The van der Waals surface area contributed by atoms with Gasteiger partial charge in [0.2, 0.25) is 10.0 Å². The number of amides is 2. The molecule has 144 valence electrons. The summed E-state index contributed by atoms with van der Waals surface area (Å²) in [7, 11) is -3.20. The SMILES string of the molecule is CCCS(=O)(=O)N1CCc2ccc(NC(=O)NC3CCCCC3)cc2C1. The lowest BCUT2D eigenvalue weighted by Crippen LogP contribution is -2.39. The molecule has 2 N–H and O–H groups in total. The van der Waals surface area contributed by atoms with E-state index in [1.807, 2.05) is 25.1 Å². The normalized spacial score (nSPS) is 19.0. The van der Waals surface area contributed by atoms with E-state index in [1.54, 1.807) is 4.31 Å². The second-order valence-electron chi connectivity index (χ2n) is 7.32. The predicted molar refractivity (Wildman–Crippen MR) is 104 cm³/mol. The van der Waals surface area contributed by atoms with Gasteiger partial charge in [-0.2, -0.15) is 4.31 Å². The van der Waals surface area contributed by atoms with Crippen molar-refractivity contribution in [1.82, 2.24) is 9.62 Å². The summed E-state index contributed by atoms with van der Waals surface area (Å²) in [5.74, 6) is 0.185. The largest absolute Gasteiger partial charge is 0.335 e. The van der Waals surface area contributed by atoms with Crippen LogP contribution >= 0.6 is 0 Å². The third-order valence-corrected chi connectivity index (χ3v) is 7.26. The molecular formula is C19H29N3O3S. The number of carbonyl (C=O) groups excluding carboxylic acids is 1. The van der Waals surface area contributed by atoms with E-state index in [4.69, 9.17) is 0 Å². The van der Waals surface area contributed by atoms with Gasteiger partial charge in [-0.3, -0.25) is 0 Å². The maximum Gasteiger partial charge on any atom is 0.319 e. The molecule has 0 atom stereocenters. The van der Waals surface area contributed by atoms with Crippen molar-refractivity contribution >= 4 is 21.7 Å². The fraction of sp³-hybridized carbons (Fsp3) is 0.632. The van der Waals surface area contributed by atoms with Gasteiger partial charge in [0.05, 0.1) is 5.75 Å². The number of fused-ring (bicyclic) bond motifs is 1. The van der Waals surface area contributed by atoms with Gasteiger partial charge in [0.1, 0.15) is 0 Å². The van der Waals surface area contributed by atoms with Crippen molar-refractivity contribution in [1.29, 1.82) is 0 Å². The summed E-state index contributed by atoms with van der Waals surface area (Å²) in [5, 5.41) is 5.94. The first-order chi connectivity index (χ1) is 12.5. The molecule has 0 bridgehead atoms. The molecule has 6 nitrogen and oxygen atoms in total. The third kappa shape index (κ3) is 4.76. The van der Waals surface area contributed by atoms with Crippen LogP contribution in [0.15, 0.2) is 18.2 Å². The number of nitrogens with one attached hydrogen (secondary N) is 2. The number of hydrogen-bond donors (Lipinski definition) is 2. The van der Waals surface area contributed by atoms with Gasteiger partial charge in [-0.05, 0) is 48.9 Å². The topological polar surface area (TPSA) is 78.5 Å². The van der Waals surface area contributed by atoms with Crippen LogP contribution in [0.4, 0.5) is 10.5 Å². The highest BCUT2D eigenvalue weighted by molar-refractivity contribution is 7.89. The Morgan fingerprint density at radius 3 is 2.69 bits per heavy atom. The van der Waals surface area contributed by atoms with Gasteiger partial charge in [-0.25, -0.2) is 13.2 Å². The minimum absolute atomic E-state index is 0.178. The number of benzene rings is 1. The summed E-state index contributed by atoms with van der Waals surface area (Å²) < 4.78 is 26.2. The van der Waals surface area contributed by atoms with Crippen LogP contribution in [0.1, 0.15) is 56.6 Å². The van der Waals surface area contributed by atoms with Crippen molar-refractivity contribution in [3.63, 3.8) is 0 Å². The summed E-state index contributed by atoms with van der Waals surface area (Å²) >= 11 is 0. The quantitative estimate of drug-likeness (QED) is 0.824. The van der Waals surface area contributed by atoms with E-state index in [1.165, 1.54) is 19.3 Å². The van der Waals surface area contributed by atoms with E-state index in [-0.39, 0.29) is 17.8 Å². The Morgan fingerprint density at radius 2 is 1.96 bits per heavy atom. The Labute approximate surface area is 156 Å². The van der Waals surface area contributed by atoms with Gasteiger partial charge in [0, 0.05) is 24.8 Å². The molecule has 0 saturated heterocycles. The minimum Gasteiger partial charge on any atom is -0.335 e. The average Bonchev–Trinajstić information content (AvgIpc) is 2.62. The second-order valence-corrected chi connectivity index (χ2v) is 9.40. The van der Waals surface area contributed by atoms with Gasteiger partial charge >= 0.3 is 6.03 Å². The molecule has 2 aliphatic rings. The summed E-state index contributed by atoms with van der Waals surface area (Å²) in [6.07, 6.45) is 7.02. The first-order valence-corrected chi connectivity index (χ1v) is 11.3. The maximum atomic E-state index is 12.3. The number of rotatable bonds is 5. The van der Waals surface area contributed by atoms with E-state index in [2.05, 4.69) is 10.6 Å². The third-order valence-electron chi connectivity index (χ3n) is 5.24. The molecule has 1 aromatic rings. The lowest BCUT2D eigenvalue weighted by atomic mass is 9.96. The van der Waals surface area contributed by atoms with Crippen molar-refractivity contribution in [2.75, 3.05) is 17.6 Å². The van der Waals surface area contributed by atoms with E-state index in [9.17, 15) is 13.2 Å². The van der Waals surface area contributed by atoms with Crippen molar-refractivity contribution in [2.45, 2.75) is 64.5 Å². The summed E-state index contributed by atoms with van der Waals surface area (Å²) in [6, 6.07) is 5.88. The monoisotopic (exact) mass is 379 g/mol. The first kappa shape index (κ1) is 19.2. The van der Waals surface area contributed by atoms with Crippen LogP contribution < -0.4 is 10.6 Å². The first-order valence-electron chi connectivity index (χ1n) is 9.65. The van der Waals surface area contributed by atoms with Crippen molar-refractivity contribution < 1.29 is 13.2 Å². The van der Waals surface area contributed by atoms with E-state index in [0.29, 0.717) is 31.6 Å². The molecule has 1 heterocycles. The Bertz CT molecular complexity index is 742. The molecular weight excluding hydrogens is 350 g/mol. The fourth-order valence-corrected chi connectivity index (χ4v) is 5.31. The van der Waals surface area contributed by atoms with Crippen LogP contribution in [0.25, 0.3) is 0 Å². The van der Waals surface area contributed by atoms with Crippen LogP contribution in [0, 0.1) is 0 Å². The molecule has 1 aliphatic carbocycles. The lowest BCUT2D eigenvalue weighted by molar-refractivity contribution is 0.244. The molecule has 26 heavy (non-hydrogen) atoms. The zero-order valence-corrected chi connectivity index (χ0v) is 16.3. The predicted octanol–water partition coefficient (Wildman–Crippen LogP) is 3.24. The Morgan fingerprint density at radius 1 is 1.19 bits per heavy atom. The number of nitrogens with zero attached hydrogens (tertiary/aromatic N) is 1. The second kappa shape index (κ2) is 8.39. The van der Waals surface area contributed by atoms with Gasteiger partial charge in [-0.1, -0.05) is 32.3 Å². The van der Waals surface area contributed by atoms with Crippen molar-refractivity contribution in [3.8, 4) is 0 Å². The Kier molecular flexibility index (Phi) is 6.19. The summed E-state index contributed by atoms with van der Waals surface area (Å²) in [4.78, 5) is 12.2. The molecule has 1 aliphatic heterocycles. The molecule has 1 fully saturated rings. The zero-order valence-electron chi connectivity index (χ0n) is 15.5.